The van der Waals surface area contributed by atoms with Gasteiger partial charge < -0.3 is 29.2 Å². The van der Waals surface area contributed by atoms with Crippen LogP contribution in [0.2, 0.25) is 5.02 Å². The molecule has 166 valence electrons. The van der Waals surface area contributed by atoms with Crippen LogP contribution >= 0.6 is 11.6 Å². The molecule has 1 aliphatic heterocycles. The summed E-state index contributed by atoms with van der Waals surface area (Å²) >= 11 is 6.32. The fourth-order valence-electron chi connectivity index (χ4n) is 3.98. The highest BCUT2D eigenvalue weighted by Gasteiger charge is 2.23. The Balaban J connectivity index is 1.30. The van der Waals surface area contributed by atoms with E-state index in [1.807, 2.05) is 42.6 Å². The van der Waals surface area contributed by atoms with Gasteiger partial charge in [0.15, 0.2) is 0 Å². The number of methoxy groups -OCH3 is 2. The lowest BCUT2D eigenvalue weighted by atomic mass is 10.2. The second kappa shape index (κ2) is 9.68. The lowest BCUT2D eigenvalue weighted by Gasteiger charge is -2.37. The number of anilines is 1. The number of β-amino-alcohol motifs (C(OH)–C–C–N with tert-alkyl or cyclic N) is 1. The molecule has 0 radical (unpaired) electrons. The van der Waals surface area contributed by atoms with Gasteiger partial charge in [0.1, 0.15) is 30.0 Å². The van der Waals surface area contributed by atoms with Crippen molar-refractivity contribution in [2.24, 2.45) is 0 Å². The third-order valence-electron chi connectivity index (χ3n) is 5.62. The van der Waals surface area contributed by atoms with Gasteiger partial charge in [-0.1, -0.05) is 17.7 Å². The molecule has 2 heterocycles. The number of nitrogens with one attached hydrogen (secondary N) is 1. The van der Waals surface area contributed by atoms with Gasteiger partial charge in [0.05, 0.1) is 24.9 Å². The van der Waals surface area contributed by atoms with Crippen molar-refractivity contribution in [1.29, 1.82) is 0 Å². The number of piperazine rings is 1. The molecular formula is C23H28ClN3O4. The summed E-state index contributed by atoms with van der Waals surface area (Å²) in [7, 11) is 3.24. The smallest absolute Gasteiger partial charge is 0.145 e. The zero-order chi connectivity index (χ0) is 21.8. The van der Waals surface area contributed by atoms with Gasteiger partial charge in [-0.15, -0.1) is 0 Å². The van der Waals surface area contributed by atoms with Gasteiger partial charge in [0.25, 0.3) is 0 Å². The summed E-state index contributed by atoms with van der Waals surface area (Å²) in [5.41, 5.74) is 1.98. The maximum absolute atomic E-state index is 10.5. The molecular weight excluding hydrogens is 418 g/mol. The van der Waals surface area contributed by atoms with Crippen LogP contribution in [0.15, 0.2) is 42.6 Å². The van der Waals surface area contributed by atoms with Gasteiger partial charge in [-0.25, -0.2) is 0 Å². The van der Waals surface area contributed by atoms with E-state index in [1.54, 1.807) is 14.2 Å². The number of aliphatic hydroxyl groups excluding tert-OH is 1. The number of halogens is 1. The molecule has 0 saturated carbocycles. The summed E-state index contributed by atoms with van der Waals surface area (Å²) in [6, 6.07) is 11.6. The largest absolute Gasteiger partial charge is 0.495 e. The van der Waals surface area contributed by atoms with E-state index in [0.29, 0.717) is 17.3 Å². The molecule has 7 nitrogen and oxygen atoms in total. The SMILES string of the molecule is COc1cc(OC)c(N2CCN(CC(O)COc3cccc4[nH]ccc34)CC2)cc1Cl. The second-order valence-corrected chi connectivity index (χ2v) is 8.01. The highest BCUT2D eigenvalue weighted by molar-refractivity contribution is 6.32. The Morgan fingerprint density at radius 1 is 1.03 bits per heavy atom. The molecule has 1 unspecified atom stereocenters. The molecule has 31 heavy (non-hydrogen) atoms. The van der Waals surface area contributed by atoms with Crippen molar-refractivity contribution in [3.8, 4) is 17.2 Å². The predicted molar refractivity (Wildman–Crippen MR) is 123 cm³/mol. The third kappa shape index (κ3) is 4.84. The van der Waals surface area contributed by atoms with Crippen molar-refractivity contribution in [3.05, 3.63) is 47.6 Å². The average molecular weight is 446 g/mol. The molecule has 4 rings (SSSR count). The fourth-order valence-corrected chi connectivity index (χ4v) is 4.22. The van der Waals surface area contributed by atoms with Crippen LogP contribution in [0, 0.1) is 0 Å². The lowest BCUT2D eigenvalue weighted by molar-refractivity contribution is 0.0668. The molecule has 3 aromatic rings. The molecule has 1 atom stereocenters. The van der Waals surface area contributed by atoms with E-state index in [0.717, 1.165) is 54.3 Å². The Labute approximate surface area is 187 Å². The van der Waals surface area contributed by atoms with E-state index >= 15 is 0 Å². The van der Waals surface area contributed by atoms with Crippen molar-refractivity contribution < 1.29 is 19.3 Å². The van der Waals surface area contributed by atoms with E-state index in [-0.39, 0.29) is 6.61 Å². The number of hydrogen-bond donors (Lipinski definition) is 2. The molecule has 1 aromatic heterocycles. The second-order valence-electron chi connectivity index (χ2n) is 7.61. The molecule has 2 aromatic carbocycles. The third-order valence-corrected chi connectivity index (χ3v) is 5.92. The van der Waals surface area contributed by atoms with E-state index < -0.39 is 6.10 Å². The number of aromatic nitrogens is 1. The van der Waals surface area contributed by atoms with E-state index in [2.05, 4.69) is 14.8 Å². The number of aromatic amines is 1. The van der Waals surface area contributed by atoms with Gasteiger partial charge in [0.2, 0.25) is 0 Å². The summed E-state index contributed by atoms with van der Waals surface area (Å²) < 4.78 is 16.7. The van der Waals surface area contributed by atoms with Crippen LogP contribution in [0.5, 0.6) is 17.2 Å². The first kappa shape index (κ1) is 21.6. The van der Waals surface area contributed by atoms with Crippen molar-refractivity contribution >= 4 is 28.2 Å². The van der Waals surface area contributed by atoms with Crippen LogP contribution in [0.4, 0.5) is 5.69 Å². The standard InChI is InChI=1S/C23H28ClN3O4/c1-29-22-13-23(30-2)20(12-18(22)24)27-10-8-26(9-11-27)14-16(28)15-31-21-5-3-4-19-17(21)6-7-25-19/h3-7,12-13,16,25,28H,8-11,14-15H2,1-2H3. The van der Waals surface area contributed by atoms with Crippen molar-refractivity contribution in [2.75, 3.05) is 58.5 Å². The number of benzene rings is 2. The summed E-state index contributed by atoms with van der Waals surface area (Å²) in [4.78, 5) is 7.66. The topological polar surface area (TPSA) is 70.2 Å². The first-order chi connectivity index (χ1) is 15.1. The maximum atomic E-state index is 10.5. The Morgan fingerprint density at radius 2 is 1.81 bits per heavy atom. The molecule has 0 amide bonds. The van der Waals surface area contributed by atoms with Crippen LogP contribution < -0.4 is 19.1 Å². The van der Waals surface area contributed by atoms with Gasteiger partial charge >= 0.3 is 0 Å². The Kier molecular flexibility index (Phi) is 6.75. The number of H-pyrrole nitrogens is 1. The van der Waals surface area contributed by atoms with Crippen LogP contribution in [0.1, 0.15) is 0 Å². The first-order valence-corrected chi connectivity index (χ1v) is 10.7. The minimum atomic E-state index is -0.564. The zero-order valence-corrected chi connectivity index (χ0v) is 18.6. The Hall–Kier alpha value is -2.61. The minimum absolute atomic E-state index is 0.256. The minimum Gasteiger partial charge on any atom is -0.495 e. The van der Waals surface area contributed by atoms with E-state index in [9.17, 15) is 5.11 Å². The van der Waals surface area contributed by atoms with Crippen LogP contribution in [0.25, 0.3) is 10.9 Å². The Morgan fingerprint density at radius 3 is 2.55 bits per heavy atom. The van der Waals surface area contributed by atoms with Crippen LogP contribution in [-0.2, 0) is 0 Å². The number of hydrogen-bond acceptors (Lipinski definition) is 6. The highest BCUT2D eigenvalue weighted by atomic mass is 35.5. The Bertz CT molecular complexity index is 1020. The number of nitrogens with zero attached hydrogens (tertiary/aromatic N) is 2. The normalized spacial score (nSPS) is 15.8. The number of fused-ring (bicyclic) bond motifs is 1. The van der Waals surface area contributed by atoms with Crippen LogP contribution in [0.3, 0.4) is 0 Å². The number of aliphatic hydroxyl groups is 1. The number of rotatable bonds is 8. The fraction of sp³-hybridized carbons (Fsp3) is 0.391. The summed E-state index contributed by atoms with van der Waals surface area (Å²) in [6.45, 7) is 4.11. The first-order valence-electron chi connectivity index (χ1n) is 10.3. The van der Waals surface area contributed by atoms with Gasteiger partial charge in [-0.05, 0) is 24.3 Å². The zero-order valence-electron chi connectivity index (χ0n) is 17.8. The average Bonchev–Trinajstić information content (AvgIpc) is 3.27. The molecule has 8 heteroatoms. The summed E-state index contributed by atoms with van der Waals surface area (Å²) in [5, 5.41) is 12.1. The maximum Gasteiger partial charge on any atom is 0.145 e. The van der Waals surface area contributed by atoms with Gasteiger partial charge in [0, 0.05) is 55.9 Å². The van der Waals surface area contributed by atoms with Crippen molar-refractivity contribution in [1.82, 2.24) is 9.88 Å². The molecule has 0 bridgehead atoms. The molecule has 0 aliphatic carbocycles. The number of ether oxygens (including phenoxy) is 3. The predicted octanol–water partition coefficient (Wildman–Crippen LogP) is 3.40. The highest BCUT2D eigenvalue weighted by Crippen LogP contribution is 2.38. The van der Waals surface area contributed by atoms with Gasteiger partial charge in [-0.3, -0.25) is 4.90 Å². The molecule has 1 fully saturated rings. The van der Waals surface area contributed by atoms with Crippen molar-refractivity contribution in [3.63, 3.8) is 0 Å². The monoisotopic (exact) mass is 445 g/mol. The van der Waals surface area contributed by atoms with E-state index in [1.165, 1.54) is 0 Å². The van der Waals surface area contributed by atoms with Crippen molar-refractivity contribution in [2.45, 2.75) is 6.10 Å². The lowest BCUT2D eigenvalue weighted by Crippen LogP contribution is -2.49. The molecule has 2 N–H and O–H groups in total. The molecule has 1 saturated heterocycles. The molecule has 0 spiro atoms. The summed E-state index contributed by atoms with van der Waals surface area (Å²) in [6.07, 6.45) is 1.32. The van der Waals surface area contributed by atoms with E-state index in [4.69, 9.17) is 25.8 Å². The van der Waals surface area contributed by atoms with Gasteiger partial charge in [-0.2, -0.15) is 0 Å². The molecule has 1 aliphatic rings. The quantitative estimate of drug-likeness (QED) is 0.553. The van der Waals surface area contributed by atoms with Crippen LogP contribution in [-0.4, -0.2) is 74.6 Å². The summed E-state index contributed by atoms with van der Waals surface area (Å²) in [5.74, 6) is 2.12.